The van der Waals surface area contributed by atoms with Gasteiger partial charge >= 0.3 is 0 Å². The summed E-state index contributed by atoms with van der Waals surface area (Å²) < 4.78 is 13.1. The van der Waals surface area contributed by atoms with Crippen molar-refractivity contribution in [3.63, 3.8) is 0 Å². The molecule has 9 nitrogen and oxygen atoms in total. The van der Waals surface area contributed by atoms with E-state index < -0.39 is 8.38 Å². The molecule has 3 N–H and O–H groups in total. The predicted molar refractivity (Wildman–Crippen MR) is 119 cm³/mol. The third-order valence-corrected chi connectivity index (χ3v) is 6.08. The summed E-state index contributed by atoms with van der Waals surface area (Å²) >= 11 is 12.4. The van der Waals surface area contributed by atoms with E-state index in [0.717, 1.165) is 10.9 Å². The molecule has 0 saturated carbocycles. The van der Waals surface area contributed by atoms with Crippen LogP contribution in [0.4, 0.5) is 5.82 Å². The Bertz CT molecular complexity index is 1050. The summed E-state index contributed by atoms with van der Waals surface area (Å²) in [7, 11) is -2.08. The van der Waals surface area contributed by atoms with Gasteiger partial charge in [0.05, 0.1) is 24.3 Å². The third-order valence-electron chi connectivity index (χ3n) is 5.13. The van der Waals surface area contributed by atoms with Gasteiger partial charge in [-0.25, -0.2) is 4.68 Å². The van der Waals surface area contributed by atoms with Gasteiger partial charge in [-0.15, -0.1) is 0 Å². The highest BCUT2D eigenvalue weighted by Crippen LogP contribution is 2.36. The summed E-state index contributed by atoms with van der Waals surface area (Å²) in [5.74, 6) is 0.759. The van der Waals surface area contributed by atoms with E-state index in [1.807, 2.05) is 24.3 Å². The molecule has 31 heavy (non-hydrogen) atoms. The number of benzene rings is 1. The molecule has 0 aliphatic carbocycles. The van der Waals surface area contributed by atoms with Crippen LogP contribution in [0.3, 0.4) is 0 Å². The van der Waals surface area contributed by atoms with Crippen LogP contribution in [-0.4, -0.2) is 48.6 Å². The van der Waals surface area contributed by atoms with Gasteiger partial charge < -0.3 is 24.6 Å². The van der Waals surface area contributed by atoms with Crippen LogP contribution in [0.1, 0.15) is 25.1 Å². The highest BCUT2D eigenvalue weighted by molar-refractivity contribution is 7.44. The number of fused-ring (bicyclic) bond motifs is 1. The van der Waals surface area contributed by atoms with E-state index in [4.69, 9.17) is 42.5 Å². The number of ether oxygens (including phenoxy) is 2. The van der Waals surface area contributed by atoms with E-state index >= 15 is 0 Å². The van der Waals surface area contributed by atoms with Crippen molar-refractivity contribution >= 4 is 48.4 Å². The average molecular weight is 486 g/mol. The minimum atomic E-state index is -2.08. The second kappa shape index (κ2) is 9.92. The summed E-state index contributed by atoms with van der Waals surface area (Å²) in [6.45, 7) is 2.80. The summed E-state index contributed by atoms with van der Waals surface area (Å²) in [4.78, 5) is 26.7. The van der Waals surface area contributed by atoms with Gasteiger partial charge in [0.2, 0.25) is 5.28 Å². The lowest BCUT2D eigenvalue weighted by atomic mass is 10.0. The van der Waals surface area contributed by atoms with Crippen LogP contribution in [0, 0.1) is 5.92 Å². The first-order chi connectivity index (χ1) is 14.9. The molecule has 166 valence electrons. The fraction of sp³-hybridized carbons (Fsp3) is 0.421. The number of halogens is 2. The van der Waals surface area contributed by atoms with Crippen molar-refractivity contribution in [3.05, 3.63) is 46.3 Å². The van der Waals surface area contributed by atoms with Gasteiger partial charge in [-0.1, -0.05) is 36.7 Å². The number of rotatable bonds is 8. The standard InChI is InChI=1S/C19H22Cl2N5O4P/c1-11-6-16(30-15(11)9-29-10-31(27)28)26-18-13(8-23-26)17(24-19(21)25-18)22-7-12-4-2-3-5-14(12)20/h2-5,8,11,15-16,27-28H,6-7,9-10H2,1H3,(H,22,24,25). The van der Waals surface area contributed by atoms with E-state index in [2.05, 4.69) is 27.3 Å². The zero-order chi connectivity index (χ0) is 22.0. The summed E-state index contributed by atoms with van der Waals surface area (Å²) in [6, 6.07) is 7.57. The highest BCUT2D eigenvalue weighted by atomic mass is 35.5. The SMILES string of the molecule is CC1CC(n2ncc3c(NCc4ccccc4Cl)nc(Cl)nc32)OC1COCP(O)O. The molecule has 1 aliphatic heterocycles. The molecule has 4 rings (SSSR count). The Morgan fingerprint density at radius 2 is 2.10 bits per heavy atom. The van der Waals surface area contributed by atoms with Crippen molar-refractivity contribution in [2.75, 3.05) is 18.3 Å². The molecule has 1 fully saturated rings. The zero-order valence-corrected chi connectivity index (χ0v) is 19.1. The Kier molecular flexibility index (Phi) is 7.23. The number of nitrogens with one attached hydrogen (secondary N) is 1. The Morgan fingerprint density at radius 3 is 2.87 bits per heavy atom. The number of hydrogen-bond donors (Lipinski definition) is 3. The minimum absolute atomic E-state index is 0.0967. The largest absolute Gasteiger partial charge is 0.369 e. The quantitative estimate of drug-likeness (QED) is 0.324. The maximum Gasteiger partial charge on any atom is 0.226 e. The van der Waals surface area contributed by atoms with Crippen LogP contribution in [-0.2, 0) is 16.0 Å². The van der Waals surface area contributed by atoms with E-state index in [1.54, 1.807) is 10.9 Å². The summed E-state index contributed by atoms with van der Waals surface area (Å²) in [5.41, 5.74) is 1.50. The highest BCUT2D eigenvalue weighted by Gasteiger charge is 2.35. The molecule has 12 heteroatoms. The third kappa shape index (κ3) is 5.26. The topological polar surface area (TPSA) is 115 Å². The Labute approximate surface area is 190 Å². The first kappa shape index (κ1) is 22.6. The molecule has 1 saturated heterocycles. The van der Waals surface area contributed by atoms with Gasteiger partial charge in [-0.3, -0.25) is 0 Å². The lowest BCUT2D eigenvalue weighted by molar-refractivity contribution is -0.0452. The predicted octanol–water partition coefficient (Wildman–Crippen LogP) is 3.94. The van der Waals surface area contributed by atoms with Crippen LogP contribution < -0.4 is 5.32 Å². The monoisotopic (exact) mass is 485 g/mol. The van der Waals surface area contributed by atoms with E-state index in [0.29, 0.717) is 29.5 Å². The molecule has 1 aromatic carbocycles. The van der Waals surface area contributed by atoms with Crippen LogP contribution in [0.2, 0.25) is 10.3 Å². The van der Waals surface area contributed by atoms with E-state index in [1.165, 1.54) is 0 Å². The summed E-state index contributed by atoms with van der Waals surface area (Å²) in [5, 5.41) is 9.23. The molecular formula is C19H22Cl2N5O4P. The van der Waals surface area contributed by atoms with E-state index in [-0.39, 0.29) is 36.5 Å². The van der Waals surface area contributed by atoms with Crippen LogP contribution >= 0.6 is 31.6 Å². The van der Waals surface area contributed by atoms with Gasteiger partial charge in [0, 0.05) is 11.6 Å². The average Bonchev–Trinajstić information content (AvgIpc) is 3.30. The fourth-order valence-corrected chi connectivity index (χ4v) is 4.17. The fourth-order valence-electron chi connectivity index (χ4n) is 3.54. The molecule has 1 aliphatic rings. The minimum Gasteiger partial charge on any atom is -0.369 e. The molecule has 2 aromatic heterocycles. The molecule has 0 bridgehead atoms. The Hall–Kier alpha value is -1.58. The van der Waals surface area contributed by atoms with Gasteiger partial charge in [0.25, 0.3) is 0 Å². The normalized spacial score (nSPS) is 21.3. The van der Waals surface area contributed by atoms with Crippen LogP contribution in [0.25, 0.3) is 11.0 Å². The number of nitrogens with zero attached hydrogens (tertiary/aromatic N) is 4. The molecule has 3 aromatic rings. The van der Waals surface area contributed by atoms with Crippen molar-refractivity contribution < 1.29 is 19.3 Å². The van der Waals surface area contributed by atoms with Gasteiger partial charge in [0.15, 0.2) is 20.3 Å². The first-order valence-electron chi connectivity index (χ1n) is 9.69. The van der Waals surface area contributed by atoms with Gasteiger partial charge in [0.1, 0.15) is 12.2 Å². The molecule has 3 atom stereocenters. The molecule has 0 amide bonds. The lowest BCUT2D eigenvalue weighted by Gasteiger charge is -2.16. The van der Waals surface area contributed by atoms with E-state index in [9.17, 15) is 0 Å². The number of aromatic nitrogens is 4. The smallest absolute Gasteiger partial charge is 0.226 e. The number of anilines is 1. The number of hydrogen-bond acceptors (Lipinski definition) is 8. The summed E-state index contributed by atoms with van der Waals surface area (Å²) in [6.07, 6.45) is 1.77. The zero-order valence-electron chi connectivity index (χ0n) is 16.7. The van der Waals surface area contributed by atoms with Crippen LogP contribution in [0.15, 0.2) is 30.5 Å². The lowest BCUT2D eigenvalue weighted by Crippen LogP contribution is -2.21. The van der Waals surface area contributed by atoms with Crippen molar-refractivity contribution in [1.82, 2.24) is 19.7 Å². The van der Waals surface area contributed by atoms with Gasteiger partial charge in [-0.2, -0.15) is 15.1 Å². The van der Waals surface area contributed by atoms with Crippen LogP contribution in [0.5, 0.6) is 0 Å². The molecule has 3 heterocycles. The second-order valence-electron chi connectivity index (χ2n) is 7.33. The molecular weight excluding hydrogens is 464 g/mol. The molecule has 3 unspecified atom stereocenters. The van der Waals surface area contributed by atoms with Crippen molar-refractivity contribution in [2.24, 2.45) is 5.92 Å². The maximum absolute atomic E-state index is 9.00. The Balaban J connectivity index is 1.52. The first-order valence-corrected chi connectivity index (χ1v) is 11.9. The molecule has 0 spiro atoms. The Morgan fingerprint density at radius 1 is 1.29 bits per heavy atom. The van der Waals surface area contributed by atoms with Crippen molar-refractivity contribution in [1.29, 1.82) is 0 Å². The maximum atomic E-state index is 9.00. The van der Waals surface area contributed by atoms with Gasteiger partial charge in [-0.05, 0) is 35.6 Å². The van der Waals surface area contributed by atoms with Crippen molar-refractivity contribution in [2.45, 2.75) is 32.2 Å². The second-order valence-corrected chi connectivity index (χ2v) is 9.08. The molecule has 0 radical (unpaired) electrons. The van der Waals surface area contributed by atoms with Crippen molar-refractivity contribution in [3.8, 4) is 0 Å².